The molecule has 1 aliphatic heterocycles. The fourth-order valence-electron chi connectivity index (χ4n) is 2.06. The molecule has 0 amide bonds. The number of pyridine rings is 2. The van der Waals surface area contributed by atoms with E-state index in [1.54, 1.807) is 24.5 Å². The fourth-order valence-corrected chi connectivity index (χ4v) is 2.06. The summed E-state index contributed by atoms with van der Waals surface area (Å²) in [5.41, 5.74) is 4.91. The number of rotatable bonds is 6. The topological polar surface area (TPSA) is 83.8 Å². The van der Waals surface area contributed by atoms with Gasteiger partial charge in [-0.25, -0.2) is 4.98 Å². The van der Waals surface area contributed by atoms with E-state index in [1.807, 2.05) is 43.5 Å². The van der Waals surface area contributed by atoms with E-state index in [0.717, 1.165) is 5.69 Å². The van der Waals surface area contributed by atoms with Crippen molar-refractivity contribution in [2.24, 2.45) is 10.3 Å². The molecule has 0 spiro atoms. The van der Waals surface area contributed by atoms with Gasteiger partial charge in [0.05, 0.1) is 23.6 Å². The van der Waals surface area contributed by atoms with Crippen molar-refractivity contribution in [3.63, 3.8) is 0 Å². The molecule has 25 heavy (non-hydrogen) atoms. The van der Waals surface area contributed by atoms with Gasteiger partial charge in [0.2, 0.25) is 5.88 Å². The molecule has 2 N–H and O–H groups in total. The first-order valence-corrected chi connectivity index (χ1v) is 7.73. The monoisotopic (exact) mass is 334 g/mol. The molecule has 1 aliphatic rings. The average Bonchev–Trinajstić information content (AvgIpc) is 2.65. The predicted molar refractivity (Wildman–Crippen MR) is 95.3 cm³/mol. The van der Waals surface area contributed by atoms with E-state index in [1.165, 1.54) is 0 Å². The van der Waals surface area contributed by atoms with E-state index in [-0.39, 0.29) is 6.04 Å². The van der Waals surface area contributed by atoms with Crippen molar-refractivity contribution in [3.05, 3.63) is 79.1 Å². The average molecular weight is 334 g/mol. The van der Waals surface area contributed by atoms with Crippen LogP contribution in [0.3, 0.4) is 0 Å². The zero-order valence-corrected chi connectivity index (χ0v) is 13.8. The first kappa shape index (κ1) is 16.4. The molecule has 0 aliphatic carbocycles. The molecule has 0 saturated carbocycles. The van der Waals surface area contributed by atoms with Crippen molar-refractivity contribution in [3.8, 4) is 11.6 Å². The van der Waals surface area contributed by atoms with Gasteiger partial charge in [-0.1, -0.05) is 24.0 Å². The molecule has 126 valence electrons. The van der Waals surface area contributed by atoms with Gasteiger partial charge in [-0.3, -0.25) is 10.4 Å². The van der Waals surface area contributed by atoms with Gasteiger partial charge < -0.3 is 10.1 Å². The van der Waals surface area contributed by atoms with Crippen LogP contribution in [0.15, 0.2) is 83.7 Å². The van der Waals surface area contributed by atoms with Crippen LogP contribution in [-0.4, -0.2) is 16.0 Å². The minimum atomic E-state index is -0.0134. The second-order valence-corrected chi connectivity index (χ2v) is 5.27. The van der Waals surface area contributed by atoms with E-state index in [4.69, 9.17) is 4.74 Å². The molecule has 0 bridgehead atoms. The molecule has 0 radical (unpaired) electrons. The summed E-state index contributed by atoms with van der Waals surface area (Å²) < 4.78 is 5.69. The lowest BCUT2D eigenvalue weighted by molar-refractivity contribution is 0.456. The van der Waals surface area contributed by atoms with Crippen molar-refractivity contribution in [1.29, 1.82) is 0 Å². The maximum Gasteiger partial charge on any atom is 0.219 e. The number of aromatic nitrogens is 2. The van der Waals surface area contributed by atoms with Crippen molar-refractivity contribution in [1.82, 2.24) is 20.7 Å². The van der Waals surface area contributed by atoms with Crippen LogP contribution in [0.4, 0.5) is 5.69 Å². The van der Waals surface area contributed by atoms with Crippen LogP contribution in [0.25, 0.3) is 0 Å². The Morgan fingerprint density at radius 1 is 1.28 bits per heavy atom. The Balaban J connectivity index is 1.55. The highest BCUT2D eigenvalue weighted by Crippen LogP contribution is 2.23. The van der Waals surface area contributed by atoms with Gasteiger partial charge in [0.15, 0.2) is 5.75 Å². The third-order valence-corrected chi connectivity index (χ3v) is 3.41. The smallest absolute Gasteiger partial charge is 0.219 e. The summed E-state index contributed by atoms with van der Waals surface area (Å²) in [5.74, 6) is 1.14. The molecular formula is C18H18N6O. The number of dihydropyridines is 1. The van der Waals surface area contributed by atoms with Crippen LogP contribution < -0.4 is 15.5 Å². The highest BCUT2D eigenvalue weighted by Gasteiger charge is 2.07. The quantitative estimate of drug-likeness (QED) is 0.621. The van der Waals surface area contributed by atoms with E-state index < -0.39 is 0 Å². The SMILES string of the molecule is C=C(NN=Nc1ccc(Oc2cccnc2C)nc1)C1C=CC=CN1. The Bertz CT molecular complexity index is 826. The Morgan fingerprint density at radius 2 is 2.20 bits per heavy atom. The number of allylic oxidation sites excluding steroid dienone is 2. The molecule has 1 atom stereocenters. The second kappa shape index (κ2) is 7.87. The lowest BCUT2D eigenvalue weighted by Crippen LogP contribution is -2.30. The summed E-state index contributed by atoms with van der Waals surface area (Å²) in [5, 5.41) is 11.1. The summed E-state index contributed by atoms with van der Waals surface area (Å²) >= 11 is 0. The highest BCUT2D eigenvalue weighted by molar-refractivity contribution is 5.37. The van der Waals surface area contributed by atoms with Gasteiger partial charge in [0.25, 0.3) is 0 Å². The first-order chi connectivity index (χ1) is 12.2. The third kappa shape index (κ3) is 4.51. The molecule has 2 aromatic rings. The van der Waals surface area contributed by atoms with Gasteiger partial charge in [0.1, 0.15) is 5.69 Å². The van der Waals surface area contributed by atoms with Crippen molar-refractivity contribution in [2.75, 3.05) is 0 Å². The zero-order chi connectivity index (χ0) is 17.5. The first-order valence-electron chi connectivity index (χ1n) is 7.73. The number of hydrogen-bond acceptors (Lipinski definition) is 6. The number of hydrogen-bond donors (Lipinski definition) is 2. The second-order valence-electron chi connectivity index (χ2n) is 5.27. The van der Waals surface area contributed by atoms with E-state index in [0.29, 0.717) is 23.0 Å². The third-order valence-electron chi connectivity index (χ3n) is 3.41. The van der Waals surface area contributed by atoms with Crippen LogP contribution >= 0.6 is 0 Å². The van der Waals surface area contributed by atoms with Crippen LogP contribution in [0, 0.1) is 6.92 Å². The summed E-state index contributed by atoms with van der Waals surface area (Å²) in [6.45, 7) is 5.80. The van der Waals surface area contributed by atoms with Gasteiger partial charge >= 0.3 is 0 Å². The zero-order valence-electron chi connectivity index (χ0n) is 13.8. The van der Waals surface area contributed by atoms with Gasteiger partial charge in [0, 0.05) is 12.3 Å². The Hall–Kier alpha value is -3.48. The molecule has 7 heteroatoms. The van der Waals surface area contributed by atoms with E-state index in [2.05, 4.69) is 37.6 Å². The molecule has 2 aromatic heterocycles. The summed E-state index contributed by atoms with van der Waals surface area (Å²) in [6, 6.07) is 7.14. The molecule has 3 rings (SSSR count). The van der Waals surface area contributed by atoms with E-state index >= 15 is 0 Å². The normalized spacial score (nSPS) is 15.8. The van der Waals surface area contributed by atoms with Crippen LogP contribution in [-0.2, 0) is 0 Å². The molecule has 0 fully saturated rings. The van der Waals surface area contributed by atoms with Crippen LogP contribution in [0.1, 0.15) is 5.69 Å². The lowest BCUT2D eigenvalue weighted by atomic mass is 10.2. The Labute approximate surface area is 145 Å². The van der Waals surface area contributed by atoms with Crippen molar-refractivity contribution >= 4 is 5.69 Å². The fraction of sp³-hybridized carbons (Fsp3) is 0.111. The minimum absolute atomic E-state index is 0.0134. The molecule has 3 heterocycles. The Kier molecular flexibility index (Phi) is 5.16. The van der Waals surface area contributed by atoms with Gasteiger partial charge in [-0.05, 0) is 37.4 Å². The standard InChI is InChI=1S/C18H18N6O/c1-13(16-6-3-4-10-20-16)22-24-23-15-8-9-18(21-12-15)25-17-7-5-11-19-14(17)2/h3-12,16,20H,1H2,2H3,(H,22,23). The lowest BCUT2D eigenvalue weighted by Gasteiger charge is -2.16. The number of nitrogens with zero attached hydrogens (tertiary/aromatic N) is 4. The summed E-state index contributed by atoms with van der Waals surface area (Å²) in [6.07, 6.45) is 11.0. The number of ether oxygens (including phenoxy) is 1. The Morgan fingerprint density at radius 3 is 2.92 bits per heavy atom. The predicted octanol–water partition coefficient (Wildman–Crippen LogP) is 3.72. The molecule has 7 nitrogen and oxygen atoms in total. The van der Waals surface area contributed by atoms with Crippen molar-refractivity contribution < 1.29 is 4.74 Å². The molecule has 1 unspecified atom stereocenters. The molecular weight excluding hydrogens is 316 g/mol. The summed E-state index contributed by atoms with van der Waals surface area (Å²) in [7, 11) is 0. The summed E-state index contributed by atoms with van der Waals surface area (Å²) in [4.78, 5) is 8.39. The number of nitrogens with one attached hydrogen (secondary N) is 2. The maximum atomic E-state index is 5.69. The number of aryl methyl sites for hydroxylation is 1. The van der Waals surface area contributed by atoms with Crippen LogP contribution in [0.2, 0.25) is 0 Å². The van der Waals surface area contributed by atoms with Crippen molar-refractivity contribution in [2.45, 2.75) is 13.0 Å². The van der Waals surface area contributed by atoms with Gasteiger partial charge in [-0.2, -0.15) is 0 Å². The van der Waals surface area contributed by atoms with Crippen LogP contribution in [0.5, 0.6) is 11.6 Å². The van der Waals surface area contributed by atoms with E-state index in [9.17, 15) is 0 Å². The highest BCUT2D eigenvalue weighted by atomic mass is 16.5. The van der Waals surface area contributed by atoms with Gasteiger partial charge in [-0.15, -0.1) is 5.11 Å². The molecule has 0 saturated heterocycles. The largest absolute Gasteiger partial charge is 0.437 e. The molecule has 0 aromatic carbocycles. The maximum absolute atomic E-state index is 5.69. The minimum Gasteiger partial charge on any atom is -0.437 e.